The van der Waals surface area contributed by atoms with Gasteiger partial charge in [0.25, 0.3) is 10.2 Å². The van der Waals surface area contributed by atoms with Crippen LogP contribution < -0.4 is 30.7 Å². The van der Waals surface area contributed by atoms with Crippen molar-refractivity contribution >= 4 is 50.6 Å². The summed E-state index contributed by atoms with van der Waals surface area (Å²) in [4.78, 5) is 22.7. The number of nitrogens with two attached hydrogens (primary N) is 1. The normalized spacial score (nSPS) is 14.0. The van der Waals surface area contributed by atoms with Gasteiger partial charge in [0.1, 0.15) is 11.6 Å². The number of aromatic nitrogens is 2. The number of rotatable bonds is 9. The Morgan fingerprint density at radius 1 is 1.11 bits per heavy atom. The first kappa shape index (κ1) is 26.9. The summed E-state index contributed by atoms with van der Waals surface area (Å²) in [6.07, 6.45) is 2.91. The Bertz CT molecular complexity index is 1440. The van der Waals surface area contributed by atoms with Crippen LogP contribution in [0.5, 0.6) is 5.75 Å². The summed E-state index contributed by atoms with van der Waals surface area (Å²) in [7, 11) is -2.11. The van der Waals surface area contributed by atoms with Crippen molar-refractivity contribution in [2.45, 2.75) is 6.92 Å². The van der Waals surface area contributed by atoms with Gasteiger partial charge in [0.2, 0.25) is 11.9 Å². The average Bonchev–Trinajstić information content (AvgIpc) is 2.90. The van der Waals surface area contributed by atoms with E-state index in [1.54, 1.807) is 25.4 Å². The van der Waals surface area contributed by atoms with Crippen LogP contribution in [0.1, 0.15) is 5.56 Å². The second-order valence-corrected chi connectivity index (χ2v) is 10.1. The number of nitrogens with zero attached hydrogens (tertiary/aromatic N) is 4. The van der Waals surface area contributed by atoms with E-state index in [0.29, 0.717) is 55.1 Å². The van der Waals surface area contributed by atoms with Gasteiger partial charge in [0.15, 0.2) is 0 Å². The molecule has 3 aromatic rings. The molecule has 12 nitrogen and oxygen atoms in total. The van der Waals surface area contributed by atoms with Crippen LogP contribution in [0.25, 0.3) is 0 Å². The number of carbonyl (C=O) groups excluding carboxylic acids is 1. The Morgan fingerprint density at radius 3 is 2.53 bits per heavy atom. The van der Waals surface area contributed by atoms with E-state index >= 15 is 0 Å². The molecule has 0 atom stereocenters. The fourth-order valence-electron chi connectivity index (χ4n) is 3.93. The van der Waals surface area contributed by atoms with Crippen molar-refractivity contribution in [2.24, 2.45) is 5.14 Å². The van der Waals surface area contributed by atoms with Crippen LogP contribution in [-0.2, 0) is 15.0 Å². The van der Waals surface area contributed by atoms with E-state index in [1.807, 2.05) is 37.3 Å². The molecule has 1 saturated heterocycles. The second kappa shape index (κ2) is 11.5. The summed E-state index contributed by atoms with van der Waals surface area (Å²) in [5.41, 5.74) is 3.77. The molecule has 5 N–H and O–H groups in total. The molecule has 1 aliphatic rings. The van der Waals surface area contributed by atoms with Gasteiger partial charge in [-0.3, -0.25) is 4.79 Å². The summed E-state index contributed by atoms with van der Waals surface area (Å²) in [6, 6.07) is 12.9. The number of carbonyl (C=O) groups is 1. The number of methoxy groups -OCH3 is 1. The predicted molar refractivity (Wildman–Crippen MR) is 148 cm³/mol. The highest BCUT2D eigenvalue weighted by Crippen LogP contribution is 2.32. The molecule has 38 heavy (non-hydrogen) atoms. The minimum atomic E-state index is -3.69. The molecule has 0 saturated carbocycles. The molecule has 0 radical (unpaired) electrons. The summed E-state index contributed by atoms with van der Waals surface area (Å²) in [6.45, 7) is 7.02. The van der Waals surface area contributed by atoms with Crippen LogP contribution in [0.3, 0.4) is 0 Å². The van der Waals surface area contributed by atoms with Gasteiger partial charge in [-0.05, 0) is 43.3 Å². The molecule has 1 aromatic heterocycles. The van der Waals surface area contributed by atoms with Crippen LogP contribution >= 0.6 is 0 Å². The van der Waals surface area contributed by atoms with E-state index in [1.165, 1.54) is 10.4 Å². The lowest BCUT2D eigenvalue weighted by Crippen LogP contribution is -2.50. The molecule has 200 valence electrons. The van der Waals surface area contributed by atoms with Gasteiger partial charge in [-0.25, -0.2) is 10.1 Å². The standard InChI is InChI=1S/C25H30N8O4S/c1-4-23(34)28-18-6-5-7-19(14-18)29-24-17(2)16-27-25(31-24)30-21-9-8-20(15-22(21)37-3)32-10-12-33(13-11-32)38(26,35)36/h4-9,14-16H,1,10-13H2,2-3H3,(H,28,34)(H2,26,35,36)(H2,27,29,30,31). The van der Waals surface area contributed by atoms with Crippen molar-refractivity contribution in [2.75, 3.05) is 54.1 Å². The molecule has 0 bridgehead atoms. The Labute approximate surface area is 221 Å². The first-order valence-electron chi connectivity index (χ1n) is 11.8. The monoisotopic (exact) mass is 538 g/mol. The van der Waals surface area contributed by atoms with E-state index in [-0.39, 0.29) is 5.91 Å². The second-order valence-electron chi connectivity index (χ2n) is 8.57. The van der Waals surface area contributed by atoms with Crippen molar-refractivity contribution in [3.8, 4) is 5.75 Å². The largest absolute Gasteiger partial charge is 0.494 e. The predicted octanol–water partition coefficient (Wildman–Crippen LogP) is 2.73. The molecule has 0 aliphatic carbocycles. The molecule has 2 heterocycles. The van der Waals surface area contributed by atoms with Gasteiger partial charge in [-0.1, -0.05) is 12.6 Å². The number of hydrogen-bond acceptors (Lipinski definition) is 9. The third-order valence-corrected chi connectivity index (χ3v) is 7.03. The number of aryl methyl sites for hydroxylation is 1. The topological polar surface area (TPSA) is 155 Å². The van der Waals surface area contributed by atoms with Crippen LogP contribution in [0.4, 0.5) is 34.5 Å². The Hall–Kier alpha value is -4.20. The number of hydrogen-bond donors (Lipinski definition) is 4. The van der Waals surface area contributed by atoms with E-state index in [2.05, 4.69) is 37.4 Å². The zero-order chi connectivity index (χ0) is 27.3. The quantitative estimate of drug-likeness (QED) is 0.301. The van der Waals surface area contributed by atoms with Crippen molar-refractivity contribution in [1.29, 1.82) is 0 Å². The van der Waals surface area contributed by atoms with Crippen LogP contribution in [-0.4, -0.2) is 61.9 Å². The van der Waals surface area contributed by atoms with Crippen LogP contribution in [0.15, 0.2) is 61.3 Å². The molecule has 2 aromatic carbocycles. The van der Waals surface area contributed by atoms with E-state index in [9.17, 15) is 13.2 Å². The Balaban J connectivity index is 1.48. The minimum absolute atomic E-state index is 0.294. The number of nitrogens with one attached hydrogen (secondary N) is 3. The van der Waals surface area contributed by atoms with Gasteiger partial charge < -0.3 is 25.6 Å². The number of amides is 1. The van der Waals surface area contributed by atoms with Gasteiger partial charge >= 0.3 is 0 Å². The van der Waals surface area contributed by atoms with Gasteiger partial charge in [0, 0.05) is 61.1 Å². The van der Waals surface area contributed by atoms with Crippen molar-refractivity contribution in [3.63, 3.8) is 0 Å². The summed E-state index contributed by atoms with van der Waals surface area (Å²) in [5.74, 6) is 1.25. The zero-order valence-corrected chi connectivity index (χ0v) is 22.0. The number of piperazine rings is 1. The number of anilines is 6. The molecule has 1 amide bonds. The smallest absolute Gasteiger partial charge is 0.277 e. The lowest BCUT2D eigenvalue weighted by molar-refractivity contribution is -0.111. The van der Waals surface area contributed by atoms with E-state index < -0.39 is 10.2 Å². The third-order valence-electron chi connectivity index (χ3n) is 5.95. The van der Waals surface area contributed by atoms with Gasteiger partial charge in [-0.2, -0.15) is 17.7 Å². The maximum absolute atomic E-state index is 11.6. The number of benzene rings is 2. The van der Waals surface area contributed by atoms with Gasteiger partial charge in [-0.15, -0.1) is 0 Å². The van der Waals surface area contributed by atoms with E-state index in [0.717, 1.165) is 16.9 Å². The molecule has 1 aliphatic heterocycles. The van der Waals surface area contributed by atoms with Crippen LogP contribution in [0.2, 0.25) is 0 Å². The Morgan fingerprint density at radius 2 is 1.84 bits per heavy atom. The average molecular weight is 539 g/mol. The third kappa shape index (κ3) is 6.56. The maximum Gasteiger partial charge on any atom is 0.277 e. The lowest BCUT2D eigenvalue weighted by Gasteiger charge is -2.34. The van der Waals surface area contributed by atoms with Crippen LogP contribution in [0, 0.1) is 6.92 Å². The molecule has 4 rings (SSSR count). The summed E-state index contributed by atoms with van der Waals surface area (Å²) in [5, 5.41) is 14.4. The first-order chi connectivity index (χ1) is 18.2. The highest BCUT2D eigenvalue weighted by Gasteiger charge is 2.24. The maximum atomic E-state index is 11.6. The van der Waals surface area contributed by atoms with Crippen molar-refractivity contribution in [3.05, 3.63) is 66.9 Å². The zero-order valence-electron chi connectivity index (χ0n) is 21.1. The Kier molecular flexibility index (Phi) is 8.10. The first-order valence-corrected chi connectivity index (χ1v) is 13.3. The highest BCUT2D eigenvalue weighted by atomic mass is 32.2. The molecular formula is C25H30N8O4S. The molecular weight excluding hydrogens is 508 g/mol. The summed E-state index contributed by atoms with van der Waals surface area (Å²) >= 11 is 0. The SMILES string of the molecule is C=CC(=O)Nc1cccc(Nc2nc(Nc3ccc(N4CCN(S(N)(=O)=O)CC4)cc3OC)ncc2C)c1. The lowest BCUT2D eigenvalue weighted by atomic mass is 10.2. The molecule has 13 heteroatoms. The molecule has 0 spiro atoms. The number of ether oxygens (including phenoxy) is 1. The van der Waals surface area contributed by atoms with Gasteiger partial charge in [0.05, 0.1) is 12.8 Å². The van der Waals surface area contributed by atoms with E-state index in [4.69, 9.17) is 9.88 Å². The van der Waals surface area contributed by atoms with Crippen molar-refractivity contribution in [1.82, 2.24) is 14.3 Å². The molecule has 1 fully saturated rings. The highest BCUT2D eigenvalue weighted by molar-refractivity contribution is 7.86. The van der Waals surface area contributed by atoms with Crippen molar-refractivity contribution < 1.29 is 17.9 Å². The minimum Gasteiger partial charge on any atom is -0.494 e. The molecule has 0 unspecified atom stereocenters. The summed E-state index contributed by atoms with van der Waals surface area (Å²) < 4.78 is 30.0. The fourth-order valence-corrected chi connectivity index (χ4v) is 4.61. The fraction of sp³-hybridized carbons (Fsp3) is 0.240.